The van der Waals surface area contributed by atoms with Gasteiger partial charge in [-0.15, -0.1) is 0 Å². The van der Waals surface area contributed by atoms with Gasteiger partial charge in [-0.1, -0.05) is 12.1 Å². The molecule has 30 heavy (non-hydrogen) atoms. The van der Waals surface area contributed by atoms with Crippen LogP contribution in [0, 0.1) is 5.82 Å². The van der Waals surface area contributed by atoms with Crippen molar-refractivity contribution in [3.05, 3.63) is 60.0 Å². The molecular formula is C22H19FN4O3. The molecule has 2 aromatic heterocycles. The molecule has 0 aliphatic rings. The van der Waals surface area contributed by atoms with Crippen LogP contribution in [0.25, 0.3) is 33.4 Å². The fourth-order valence-electron chi connectivity index (χ4n) is 3.36. The lowest BCUT2D eigenvalue weighted by Gasteiger charge is -2.10. The maximum absolute atomic E-state index is 14.5. The standard InChI is InChI=1S/C22H19FN4O3/c1-24-22(28)13-8-7-12(9-19(13)30-3)21-14-10-16(25-11-17(14)26-27-21)20-15(23)5-4-6-18(20)29-2/h4-11H,1-3H3,(H,24,28)(H,26,27). The van der Waals surface area contributed by atoms with Gasteiger partial charge in [0.25, 0.3) is 5.91 Å². The number of nitrogens with zero attached hydrogens (tertiary/aromatic N) is 2. The predicted molar refractivity (Wildman–Crippen MR) is 111 cm³/mol. The summed E-state index contributed by atoms with van der Waals surface area (Å²) in [6.45, 7) is 0. The van der Waals surface area contributed by atoms with E-state index >= 15 is 0 Å². The molecule has 0 bridgehead atoms. The lowest BCUT2D eigenvalue weighted by Crippen LogP contribution is -2.18. The maximum Gasteiger partial charge on any atom is 0.254 e. The maximum atomic E-state index is 14.5. The van der Waals surface area contributed by atoms with E-state index in [1.165, 1.54) is 20.3 Å². The van der Waals surface area contributed by atoms with Gasteiger partial charge in [0.05, 0.1) is 42.8 Å². The smallest absolute Gasteiger partial charge is 0.254 e. The van der Waals surface area contributed by atoms with Gasteiger partial charge in [0.1, 0.15) is 23.0 Å². The van der Waals surface area contributed by atoms with Crippen molar-refractivity contribution in [2.45, 2.75) is 0 Å². The number of benzene rings is 2. The van der Waals surface area contributed by atoms with E-state index in [0.29, 0.717) is 34.0 Å². The average molecular weight is 406 g/mol. The number of pyridine rings is 1. The molecule has 0 radical (unpaired) electrons. The van der Waals surface area contributed by atoms with Crippen molar-refractivity contribution >= 4 is 16.8 Å². The Kier molecular flexibility index (Phi) is 5.05. The molecule has 0 atom stereocenters. The van der Waals surface area contributed by atoms with Gasteiger partial charge in [-0.25, -0.2) is 4.39 Å². The first-order valence-electron chi connectivity index (χ1n) is 9.14. The van der Waals surface area contributed by atoms with E-state index in [2.05, 4.69) is 20.5 Å². The number of halogens is 1. The third kappa shape index (κ3) is 3.22. The summed E-state index contributed by atoms with van der Waals surface area (Å²) in [5, 5.41) is 10.7. The highest BCUT2D eigenvalue weighted by Gasteiger charge is 2.18. The second kappa shape index (κ2) is 7.82. The minimum absolute atomic E-state index is 0.247. The first kappa shape index (κ1) is 19.4. The molecule has 2 aromatic carbocycles. The molecule has 8 heteroatoms. The summed E-state index contributed by atoms with van der Waals surface area (Å²) in [5.41, 5.74) is 3.19. The Morgan fingerprint density at radius 1 is 1.10 bits per heavy atom. The molecule has 4 aromatic rings. The Balaban J connectivity index is 1.87. The Hall–Kier alpha value is -3.94. The zero-order chi connectivity index (χ0) is 21.3. The van der Waals surface area contributed by atoms with Gasteiger partial charge in [-0.3, -0.25) is 14.9 Å². The van der Waals surface area contributed by atoms with Gasteiger partial charge in [-0.05, 0) is 30.3 Å². The molecule has 152 valence electrons. The van der Waals surface area contributed by atoms with E-state index in [0.717, 1.165) is 10.9 Å². The van der Waals surface area contributed by atoms with Gasteiger partial charge in [0.15, 0.2) is 0 Å². The Bertz CT molecular complexity index is 1250. The highest BCUT2D eigenvalue weighted by atomic mass is 19.1. The van der Waals surface area contributed by atoms with Gasteiger partial charge < -0.3 is 14.8 Å². The topological polar surface area (TPSA) is 89.1 Å². The normalized spacial score (nSPS) is 10.8. The summed E-state index contributed by atoms with van der Waals surface area (Å²) >= 11 is 0. The number of amides is 1. The third-order valence-electron chi connectivity index (χ3n) is 4.85. The lowest BCUT2D eigenvalue weighted by molar-refractivity contribution is 0.0960. The molecule has 2 N–H and O–H groups in total. The van der Waals surface area contributed by atoms with Crippen LogP contribution in [0.4, 0.5) is 4.39 Å². The molecule has 2 heterocycles. The van der Waals surface area contributed by atoms with E-state index < -0.39 is 5.82 Å². The van der Waals surface area contributed by atoms with Gasteiger partial charge in [0.2, 0.25) is 0 Å². The number of methoxy groups -OCH3 is 2. The number of aromatic nitrogens is 3. The molecule has 0 spiro atoms. The number of carbonyl (C=O) groups is 1. The number of aromatic amines is 1. The SMILES string of the molecule is CNC(=O)c1ccc(-c2n[nH]c3cnc(-c4c(F)cccc4OC)cc23)cc1OC. The minimum atomic E-state index is -0.428. The molecular weight excluding hydrogens is 387 g/mol. The van der Waals surface area contributed by atoms with Gasteiger partial charge in [-0.2, -0.15) is 5.10 Å². The molecule has 0 saturated carbocycles. The summed E-state index contributed by atoms with van der Waals surface area (Å²) in [6.07, 6.45) is 1.60. The van der Waals surface area contributed by atoms with Crippen LogP contribution < -0.4 is 14.8 Å². The number of H-pyrrole nitrogens is 1. The average Bonchev–Trinajstić information content (AvgIpc) is 3.21. The third-order valence-corrected chi connectivity index (χ3v) is 4.85. The first-order chi connectivity index (χ1) is 14.6. The van der Waals surface area contributed by atoms with Crippen molar-refractivity contribution in [2.75, 3.05) is 21.3 Å². The van der Waals surface area contributed by atoms with E-state index in [4.69, 9.17) is 9.47 Å². The monoisotopic (exact) mass is 406 g/mol. The summed E-state index contributed by atoms with van der Waals surface area (Å²) < 4.78 is 25.2. The van der Waals surface area contributed by atoms with Crippen LogP contribution in [0.5, 0.6) is 11.5 Å². The van der Waals surface area contributed by atoms with Crippen LogP contribution in [0.1, 0.15) is 10.4 Å². The van der Waals surface area contributed by atoms with Crippen LogP contribution in [-0.4, -0.2) is 42.4 Å². The fraction of sp³-hybridized carbons (Fsp3) is 0.136. The molecule has 0 unspecified atom stereocenters. The van der Waals surface area contributed by atoms with Crippen molar-refractivity contribution in [1.29, 1.82) is 0 Å². The van der Waals surface area contributed by atoms with Crippen LogP contribution in [0.3, 0.4) is 0 Å². The van der Waals surface area contributed by atoms with Crippen molar-refractivity contribution in [1.82, 2.24) is 20.5 Å². The Morgan fingerprint density at radius 3 is 2.63 bits per heavy atom. The Labute approximate surface area is 171 Å². The van der Waals surface area contributed by atoms with E-state index in [9.17, 15) is 9.18 Å². The predicted octanol–water partition coefficient (Wildman–Crippen LogP) is 3.81. The number of hydrogen-bond acceptors (Lipinski definition) is 5. The molecule has 1 amide bonds. The summed E-state index contributed by atoms with van der Waals surface area (Å²) in [5.74, 6) is 0.141. The zero-order valence-electron chi connectivity index (χ0n) is 16.6. The Morgan fingerprint density at radius 2 is 1.90 bits per heavy atom. The molecule has 7 nitrogen and oxygen atoms in total. The molecule has 4 rings (SSSR count). The van der Waals surface area contributed by atoms with Crippen LogP contribution >= 0.6 is 0 Å². The number of carbonyl (C=O) groups excluding carboxylic acids is 1. The highest BCUT2D eigenvalue weighted by molar-refractivity contribution is 5.99. The quantitative estimate of drug-likeness (QED) is 0.526. The molecule has 0 aliphatic heterocycles. The first-order valence-corrected chi connectivity index (χ1v) is 9.14. The van der Waals surface area contributed by atoms with Gasteiger partial charge >= 0.3 is 0 Å². The van der Waals surface area contributed by atoms with Crippen molar-refractivity contribution in [3.63, 3.8) is 0 Å². The fourth-order valence-corrected chi connectivity index (χ4v) is 3.36. The van der Waals surface area contributed by atoms with E-state index in [1.807, 2.05) is 0 Å². The van der Waals surface area contributed by atoms with E-state index in [1.54, 1.807) is 49.6 Å². The van der Waals surface area contributed by atoms with Crippen LogP contribution in [0.2, 0.25) is 0 Å². The number of ether oxygens (including phenoxy) is 2. The molecule has 0 saturated heterocycles. The van der Waals surface area contributed by atoms with Crippen LogP contribution in [-0.2, 0) is 0 Å². The summed E-state index contributed by atoms with van der Waals surface area (Å²) in [6, 6.07) is 11.6. The highest BCUT2D eigenvalue weighted by Crippen LogP contribution is 2.35. The summed E-state index contributed by atoms with van der Waals surface area (Å²) in [7, 11) is 4.55. The van der Waals surface area contributed by atoms with E-state index in [-0.39, 0.29) is 11.5 Å². The number of rotatable bonds is 5. The number of nitrogens with one attached hydrogen (secondary N) is 2. The van der Waals surface area contributed by atoms with Crippen molar-refractivity contribution in [2.24, 2.45) is 0 Å². The van der Waals surface area contributed by atoms with Crippen molar-refractivity contribution < 1.29 is 18.7 Å². The largest absolute Gasteiger partial charge is 0.496 e. The molecule has 0 fully saturated rings. The van der Waals surface area contributed by atoms with Crippen LogP contribution in [0.15, 0.2) is 48.7 Å². The zero-order valence-corrected chi connectivity index (χ0v) is 16.6. The van der Waals surface area contributed by atoms with Gasteiger partial charge in [0, 0.05) is 18.0 Å². The lowest BCUT2D eigenvalue weighted by atomic mass is 10.0. The van der Waals surface area contributed by atoms with Crippen molar-refractivity contribution in [3.8, 4) is 34.0 Å². The summed E-state index contributed by atoms with van der Waals surface area (Å²) in [4.78, 5) is 16.4. The number of hydrogen-bond donors (Lipinski definition) is 2. The minimum Gasteiger partial charge on any atom is -0.496 e. The number of fused-ring (bicyclic) bond motifs is 1. The second-order valence-electron chi connectivity index (χ2n) is 6.50. The second-order valence-corrected chi connectivity index (χ2v) is 6.50. The molecule has 0 aliphatic carbocycles.